The maximum atomic E-state index is 11.8. The Hall–Kier alpha value is -0.530. The van der Waals surface area contributed by atoms with Crippen LogP contribution in [-0.4, -0.2) is 24.4 Å². The Balaban J connectivity index is 1.86. The lowest BCUT2D eigenvalue weighted by atomic mass is 9.95. The highest BCUT2D eigenvalue weighted by atomic mass is 16.2. The molecule has 1 aliphatic carbocycles. The van der Waals surface area contributed by atoms with E-state index in [0.29, 0.717) is 5.91 Å². The van der Waals surface area contributed by atoms with Crippen LogP contribution in [0.25, 0.3) is 0 Å². The summed E-state index contributed by atoms with van der Waals surface area (Å²) in [5.41, 5.74) is 0. The fourth-order valence-corrected chi connectivity index (χ4v) is 3.34. The van der Waals surface area contributed by atoms with Crippen molar-refractivity contribution in [3.8, 4) is 0 Å². The largest absolute Gasteiger partial charge is 0.346 e. The van der Waals surface area contributed by atoms with E-state index in [-0.39, 0.29) is 0 Å². The third kappa shape index (κ3) is 3.23. The van der Waals surface area contributed by atoms with Gasteiger partial charge in [0, 0.05) is 20.0 Å². The van der Waals surface area contributed by atoms with Crippen molar-refractivity contribution >= 4 is 5.91 Å². The Morgan fingerprint density at radius 1 is 1.00 bits per heavy atom. The normalized spacial score (nSPS) is 33.3. The van der Waals surface area contributed by atoms with E-state index < -0.39 is 0 Å². The minimum atomic E-state index is 0.357. The predicted octanol–water partition coefficient (Wildman–Crippen LogP) is 3.22. The quantitative estimate of drug-likeness (QED) is 0.617. The number of carbonyl (C=O) groups excluding carboxylic acids is 1. The summed E-state index contributed by atoms with van der Waals surface area (Å²) in [4.78, 5) is 13.7. The first-order chi connectivity index (χ1) is 7.75. The first-order valence-corrected chi connectivity index (χ1v) is 6.99. The summed E-state index contributed by atoms with van der Waals surface area (Å²) in [5.74, 6) is 2.29. The van der Waals surface area contributed by atoms with Gasteiger partial charge in [0.05, 0.1) is 0 Å². The number of carbonyl (C=O) groups is 1. The smallest absolute Gasteiger partial charge is 0.222 e. The van der Waals surface area contributed by atoms with E-state index in [1.54, 1.807) is 0 Å². The molecule has 1 amide bonds. The summed E-state index contributed by atoms with van der Waals surface area (Å²) in [7, 11) is 1.96. The summed E-state index contributed by atoms with van der Waals surface area (Å²) < 4.78 is 0. The minimum Gasteiger partial charge on any atom is -0.346 e. The number of fused-ring (bicyclic) bond motifs is 2. The van der Waals surface area contributed by atoms with E-state index in [1.807, 2.05) is 11.9 Å². The van der Waals surface area contributed by atoms with Crippen LogP contribution in [0.2, 0.25) is 0 Å². The lowest BCUT2D eigenvalue weighted by Crippen LogP contribution is -2.27. The fourth-order valence-electron chi connectivity index (χ4n) is 3.34. The second kappa shape index (κ2) is 5.70. The van der Waals surface area contributed by atoms with Gasteiger partial charge in [-0.3, -0.25) is 4.79 Å². The molecule has 0 spiro atoms. The van der Waals surface area contributed by atoms with Gasteiger partial charge in [-0.1, -0.05) is 25.7 Å². The Kier molecular flexibility index (Phi) is 4.25. The zero-order valence-electron chi connectivity index (χ0n) is 10.6. The van der Waals surface area contributed by atoms with Gasteiger partial charge in [0.25, 0.3) is 0 Å². The number of hydrogen-bond donors (Lipinski definition) is 0. The molecule has 2 atom stereocenters. The maximum Gasteiger partial charge on any atom is 0.222 e. The molecule has 0 aromatic rings. The molecule has 1 heterocycles. The third-order valence-corrected chi connectivity index (χ3v) is 4.43. The Bertz CT molecular complexity index is 239. The van der Waals surface area contributed by atoms with Crippen molar-refractivity contribution in [2.75, 3.05) is 13.6 Å². The average Bonchev–Trinajstić information content (AvgIpc) is 2.71. The molecule has 2 fully saturated rings. The van der Waals surface area contributed by atoms with Gasteiger partial charge in [-0.25, -0.2) is 0 Å². The topological polar surface area (TPSA) is 20.3 Å². The number of nitrogens with zero attached hydrogens (tertiary/aromatic N) is 1. The fraction of sp³-hybridized carbons (Fsp3) is 0.929. The molecule has 2 unspecified atom stereocenters. The standard InChI is InChI=1S/C14H25NO/c1-15-10-3-2-5-12-8-9-13(11-12)6-4-7-14(15)16/h12-13H,2-11H2,1H3. The first kappa shape index (κ1) is 11.9. The maximum absolute atomic E-state index is 11.8. The molecule has 1 saturated carbocycles. The van der Waals surface area contributed by atoms with Crippen molar-refractivity contribution in [2.45, 2.75) is 57.8 Å². The van der Waals surface area contributed by atoms with Crippen LogP contribution >= 0.6 is 0 Å². The van der Waals surface area contributed by atoms with Crippen LogP contribution < -0.4 is 0 Å². The first-order valence-electron chi connectivity index (χ1n) is 6.99. The van der Waals surface area contributed by atoms with E-state index in [1.165, 1.54) is 44.9 Å². The van der Waals surface area contributed by atoms with E-state index in [0.717, 1.165) is 31.2 Å². The van der Waals surface area contributed by atoms with Gasteiger partial charge in [0.2, 0.25) is 5.91 Å². The van der Waals surface area contributed by atoms with E-state index in [9.17, 15) is 4.79 Å². The molecule has 2 heteroatoms. The van der Waals surface area contributed by atoms with Crippen molar-refractivity contribution in [1.82, 2.24) is 4.90 Å². The molecule has 16 heavy (non-hydrogen) atoms. The van der Waals surface area contributed by atoms with E-state index in [2.05, 4.69) is 0 Å². The summed E-state index contributed by atoms with van der Waals surface area (Å²) in [6, 6.07) is 0. The van der Waals surface area contributed by atoms with Gasteiger partial charge in [0.15, 0.2) is 0 Å². The van der Waals surface area contributed by atoms with Crippen molar-refractivity contribution in [3.63, 3.8) is 0 Å². The van der Waals surface area contributed by atoms with Crippen LogP contribution in [0.5, 0.6) is 0 Å². The zero-order chi connectivity index (χ0) is 11.4. The highest BCUT2D eigenvalue weighted by Crippen LogP contribution is 2.37. The van der Waals surface area contributed by atoms with Gasteiger partial charge in [0.1, 0.15) is 0 Å². The highest BCUT2D eigenvalue weighted by Gasteiger charge is 2.24. The van der Waals surface area contributed by atoms with Gasteiger partial charge in [-0.15, -0.1) is 0 Å². The second-order valence-electron chi connectivity index (χ2n) is 5.75. The van der Waals surface area contributed by atoms with Crippen LogP contribution in [0, 0.1) is 11.8 Å². The molecule has 0 radical (unpaired) electrons. The molecule has 2 nitrogen and oxygen atoms in total. The number of hydrogen-bond acceptors (Lipinski definition) is 1. The summed E-state index contributed by atoms with van der Waals surface area (Å²) in [5, 5.41) is 0. The molecule has 2 bridgehead atoms. The third-order valence-electron chi connectivity index (χ3n) is 4.43. The molecule has 0 aromatic heterocycles. The van der Waals surface area contributed by atoms with E-state index >= 15 is 0 Å². The monoisotopic (exact) mass is 223 g/mol. The molecule has 0 aromatic carbocycles. The van der Waals surface area contributed by atoms with Crippen LogP contribution in [0.15, 0.2) is 0 Å². The SMILES string of the molecule is CN1CCCCC2CCC(CCCC1=O)C2. The second-order valence-corrected chi connectivity index (χ2v) is 5.75. The van der Waals surface area contributed by atoms with Gasteiger partial charge in [-0.05, 0) is 37.5 Å². The Morgan fingerprint density at radius 3 is 2.44 bits per heavy atom. The zero-order valence-corrected chi connectivity index (χ0v) is 10.6. The van der Waals surface area contributed by atoms with Crippen molar-refractivity contribution in [2.24, 2.45) is 11.8 Å². The van der Waals surface area contributed by atoms with Crippen molar-refractivity contribution < 1.29 is 4.79 Å². The molecule has 1 aliphatic heterocycles. The molecule has 2 rings (SSSR count). The van der Waals surface area contributed by atoms with Crippen LogP contribution in [0.4, 0.5) is 0 Å². The Morgan fingerprint density at radius 2 is 1.69 bits per heavy atom. The molecular weight excluding hydrogens is 198 g/mol. The van der Waals surface area contributed by atoms with Crippen molar-refractivity contribution in [3.05, 3.63) is 0 Å². The molecule has 2 aliphatic rings. The molecule has 92 valence electrons. The number of rotatable bonds is 0. The predicted molar refractivity (Wildman–Crippen MR) is 66.2 cm³/mol. The minimum absolute atomic E-state index is 0.357. The Labute approximate surface area is 99.4 Å². The molecule has 1 saturated heterocycles. The summed E-state index contributed by atoms with van der Waals surface area (Å²) in [6.07, 6.45) is 11.4. The average molecular weight is 223 g/mol. The van der Waals surface area contributed by atoms with Gasteiger partial charge < -0.3 is 4.90 Å². The molecule has 0 N–H and O–H groups in total. The summed E-state index contributed by atoms with van der Waals surface area (Å²) in [6.45, 7) is 0.967. The lowest BCUT2D eigenvalue weighted by molar-refractivity contribution is -0.130. The van der Waals surface area contributed by atoms with E-state index in [4.69, 9.17) is 0 Å². The van der Waals surface area contributed by atoms with Crippen LogP contribution in [0.3, 0.4) is 0 Å². The lowest BCUT2D eigenvalue weighted by Gasteiger charge is -2.19. The summed E-state index contributed by atoms with van der Waals surface area (Å²) >= 11 is 0. The van der Waals surface area contributed by atoms with Gasteiger partial charge >= 0.3 is 0 Å². The highest BCUT2D eigenvalue weighted by molar-refractivity contribution is 5.75. The van der Waals surface area contributed by atoms with Gasteiger partial charge in [-0.2, -0.15) is 0 Å². The molecular formula is C14H25NO. The van der Waals surface area contributed by atoms with Crippen LogP contribution in [0.1, 0.15) is 57.8 Å². The van der Waals surface area contributed by atoms with Crippen LogP contribution in [-0.2, 0) is 4.79 Å². The number of amides is 1. The van der Waals surface area contributed by atoms with Crippen molar-refractivity contribution in [1.29, 1.82) is 0 Å².